The third-order valence-electron chi connectivity index (χ3n) is 4.15. The van der Waals surface area contributed by atoms with E-state index in [2.05, 4.69) is 5.32 Å². The number of benzene rings is 1. The van der Waals surface area contributed by atoms with Crippen LogP contribution in [0.15, 0.2) is 18.2 Å². The molecule has 1 atom stereocenters. The van der Waals surface area contributed by atoms with Crippen molar-refractivity contribution < 1.29 is 19.4 Å². The van der Waals surface area contributed by atoms with Crippen LogP contribution in [0.2, 0.25) is 5.02 Å². The Morgan fingerprint density at radius 2 is 2.15 bits per heavy atom. The molecule has 0 saturated carbocycles. The molecule has 20 heavy (non-hydrogen) atoms. The third kappa shape index (κ3) is 1.73. The first kappa shape index (κ1) is 13.4. The maximum Gasteiger partial charge on any atom is 0.304 e. The number of aliphatic carboxylic acids is 1. The van der Waals surface area contributed by atoms with E-state index in [9.17, 15) is 9.59 Å². The smallest absolute Gasteiger partial charge is 0.304 e. The second-order valence-electron chi connectivity index (χ2n) is 5.62. The lowest BCUT2D eigenvalue weighted by molar-refractivity contribution is -0.148. The van der Waals surface area contributed by atoms with Crippen LogP contribution in [0.5, 0.6) is 0 Å². The van der Waals surface area contributed by atoms with Crippen LogP contribution >= 0.6 is 11.6 Å². The van der Waals surface area contributed by atoms with Gasteiger partial charge in [0.1, 0.15) is 5.54 Å². The van der Waals surface area contributed by atoms with E-state index in [0.717, 1.165) is 5.56 Å². The first-order valence-electron chi connectivity index (χ1n) is 6.30. The van der Waals surface area contributed by atoms with Crippen molar-refractivity contribution in [1.82, 2.24) is 5.32 Å². The number of rotatable bonds is 2. The predicted molar refractivity (Wildman–Crippen MR) is 71.7 cm³/mol. The summed E-state index contributed by atoms with van der Waals surface area (Å²) in [6.45, 7) is 2.44. The van der Waals surface area contributed by atoms with Crippen LogP contribution in [0.1, 0.15) is 24.5 Å². The Morgan fingerprint density at radius 1 is 1.45 bits per heavy atom. The maximum absolute atomic E-state index is 12.5. The molecule has 1 spiro atoms. The fraction of sp³-hybridized carbons (Fsp3) is 0.429. The molecular weight excluding hydrogens is 282 g/mol. The van der Waals surface area contributed by atoms with Gasteiger partial charge in [0.15, 0.2) is 0 Å². The second-order valence-corrected chi connectivity index (χ2v) is 6.06. The summed E-state index contributed by atoms with van der Waals surface area (Å²) in [7, 11) is 0. The van der Waals surface area contributed by atoms with E-state index in [4.69, 9.17) is 21.4 Å². The molecule has 0 aromatic heterocycles. The van der Waals surface area contributed by atoms with Gasteiger partial charge in [0, 0.05) is 5.02 Å². The van der Waals surface area contributed by atoms with Gasteiger partial charge < -0.3 is 15.2 Å². The number of carboxylic acids is 1. The number of amides is 1. The molecule has 2 heterocycles. The van der Waals surface area contributed by atoms with E-state index >= 15 is 0 Å². The lowest BCUT2D eigenvalue weighted by Gasteiger charge is -2.50. The molecule has 1 aromatic carbocycles. The molecule has 5 nitrogen and oxygen atoms in total. The Labute approximate surface area is 120 Å². The zero-order valence-electron chi connectivity index (χ0n) is 10.9. The number of carbonyl (C=O) groups is 2. The predicted octanol–water partition coefficient (Wildman–Crippen LogP) is 1.43. The summed E-state index contributed by atoms with van der Waals surface area (Å²) in [5.74, 6) is -1.31. The largest absolute Gasteiger partial charge is 0.481 e. The fourth-order valence-corrected chi connectivity index (χ4v) is 3.12. The molecule has 3 rings (SSSR count). The van der Waals surface area contributed by atoms with Crippen molar-refractivity contribution in [2.24, 2.45) is 0 Å². The normalized spacial score (nSPS) is 26.6. The standard InChI is InChI=1S/C14H14ClNO4/c1-13(5-11(17)18)10-4-8(15)2-3-9(10)14(6-20-7-14)16-12(13)19/h2-4H,5-7H2,1H3,(H,16,19)(H,17,18). The van der Waals surface area contributed by atoms with Crippen LogP contribution in [0.25, 0.3) is 0 Å². The Kier molecular flexibility index (Phi) is 2.81. The Bertz CT molecular complexity index is 611. The zero-order valence-corrected chi connectivity index (χ0v) is 11.7. The third-order valence-corrected chi connectivity index (χ3v) is 4.38. The molecule has 0 radical (unpaired) electrons. The molecule has 6 heteroatoms. The van der Waals surface area contributed by atoms with Gasteiger partial charge in [0.25, 0.3) is 0 Å². The minimum Gasteiger partial charge on any atom is -0.481 e. The second kappa shape index (κ2) is 4.20. The van der Waals surface area contributed by atoms with Gasteiger partial charge in [-0.15, -0.1) is 0 Å². The monoisotopic (exact) mass is 295 g/mol. The molecule has 1 amide bonds. The average Bonchev–Trinajstić information content (AvgIpc) is 2.31. The van der Waals surface area contributed by atoms with E-state index in [0.29, 0.717) is 23.8 Å². The number of hydrogen-bond donors (Lipinski definition) is 2. The number of nitrogens with one attached hydrogen (secondary N) is 1. The first-order valence-corrected chi connectivity index (χ1v) is 6.68. The molecule has 106 valence electrons. The number of fused-ring (bicyclic) bond motifs is 2. The average molecular weight is 296 g/mol. The lowest BCUT2D eigenvalue weighted by Crippen LogP contribution is -2.66. The lowest BCUT2D eigenvalue weighted by atomic mass is 9.68. The summed E-state index contributed by atoms with van der Waals surface area (Å²) < 4.78 is 5.24. The Morgan fingerprint density at radius 3 is 2.70 bits per heavy atom. The van der Waals surface area contributed by atoms with Crippen LogP contribution in [0, 0.1) is 0 Å². The molecule has 2 N–H and O–H groups in total. The van der Waals surface area contributed by atoms with Gasteiger partial charge in [-0.05, 0) is 30.2 Å². The summed E-state index contributed by atoms with van der Waals surface area (Å²) in [4.78, 5) is 23.6. The van der Waals surface area contributed by atoms with Crippen molar-refractivity contribution in [2.45, 2.75) is 24.3 Å². The van der Waals surface area contributed by atoms with Gasteiger partial charge in [0.2, 0.25) is 5.91 Å². The zero-order chi connectivity index (χ0) is 14.5. The van der Waals surface area contributed by atoms with Crippen molar-refractivity contribution in [3.63, 3.8) is 0 Å². The SMILES string of the molecule is CC1(CC(=O)O)C(=O)NC2(COC2)c2ccc(Cl)cc21. The number of ether oxygens (including phenoxy) is 1. The van der Waals surface area contributed by atoms with Gasteiger partial charge in [-0.1, -0.05) is 17.7 Å². The Hall–Kier alpha value is -1.59. The number of carboxylic acid groups (broad SMARTS) is 1. The van der Waals surface area contributed by atoms with Crippen molar-refractivity contribution in [2.75, 3.05) is 13.2 Å². The van der Waals surface area contributed by atoms with Crippen LogP contribution in [0.4, 0.5) is 0 Å². The summed E-state index contributed by atoms with van der Waals surface area (Å²) in [6, 6.07) is 5.29. The summed E-state index contributed by atoms with van der Waals surface area (Å²) >= 11 is 6.03. The summed E-state index contributed by atoms with van der Waals surface area (Å²) in [5.41, 5.74) is -0.0713. The van der Waals surface area contributed by atoms with Gasteiger partial charge >= 0.3 is 5.97 Å². The fourth-order valence-electron chi connectivity index (χ4n) is 2.95. The quantitative estimate of drug-likeness (QED) is 0.865. The molecule has 1 aromatic rings. The molecule has 0 aliphatic carbocycles. The molecule has 1 unspecified atom stereocenters. The van der Waals surface area contributed by atoms with E-state index in [1.807, 2.05) is 6.07 Å². The molecule has 2 aliphatic heterocycles. The van der Waals surface area contributed by atoms with E-state index < -0.39 is 16.9 Å². The van der Waals surface area contributed by atoms with Gasteiger partial charge in [-0.25, -0.2) is 0 Å². The number of halogens is 1. The van der Waals surface area contributed by atoms with Gasteiger partial charge in [-0.2, -0.15) is 0 Å². The van der Waals surface area contributed by atoms with Crippen molar-refractivity contribution in [1.29, 1.82) is 0 Å². The summed E-state index contributed by atoms with van der Waals surface area (Å²) in [6.07, 6.45) is -0.275. The molecule has 2 aliphatic rings. The molecular formula is C14H14ClNO4. The van der Waals surface area contributed by atoms with Crippen molar-refractivity contribution >= 4 is 23.5 Å². The van der Waals surface area contributed by atoms with Crippen LogP contribution in [-0.4, -0.2) is 30.2 Å². The highest BCUT2D eigenvalue weighted by Gasteiger charge is 2.54. The van der Waals surface area contributed by atoms with Gasteiger partial charge in [0.05, 0.1) is 25.0 Å². The highest BCUT2D eigenvalue weighted by Crippen LogP contribution is 2.44. The van der Waals surface area contributed by atoms with E-state index in [1.165, 1.54) is 0 Å². The van der Waals surface area contributed by atoms with E-state index in [1.54, 1.807) is 19.1 Å². The maximum atomic E-state index is 12.5. The topological polar surface area (TPSA) is 75.6 Å². The van der Waals surface area contributed by atoms with Crippen molar-refractivity contribution in [3.05, 3.63) is 34.3 Å². The Balaban J connectivity index is 2.19. The molecule has 0 bridgehead atoms. The first-order chi connectivity index (χ1) is 9.37. The van der Waals surface area contributed by atoms with Crippen molar-refractivity contribution in [3.8, 4) is 0 Å². The molecule has 1 fully saturated rings. The van der Waals surface area contributed by atoms with E-state index in [-0.39, 0.29) is 12.3 Å². The van der Waals surface area contributed by atoms with Crippen LogP contribution in [-0.2, 0) is 25.3 Å². The van der Waals surface area contributed by atoms with Crippen LogP contribution < -0.4 is 5.32 Å². The highest BCUT2D eigenvalue weighted by molar-refractivity contribution is 6.30. The van der Waals surface area contributed by atoms with Crippen LogP contribution in [0.3, 0.4) is 0 Å². The highest BCUT2D eigenvalue weighted by atomic mass is 35.5. The van der Waals surface area contributed by atoms with Gasteiger partial charge in [-0.3, -0.25) is 9.59 Å². The minimum absolute atomic E-state index is 0.275. The summed E-state index contributed by atoms with van der Waals surface area (Å²) in [5, 5.41) is 12.5. The molecule has 1 saturated heterocycles. The number of hydrogen-bond acceptors (Lipinski definition) is 3. The number of carbonyl (C=O) groups excluding carboxylic acids is 1. The minimum atomic E-state index is -1.12.